The Bertz CT molecular complexity index is 562. The second-order valence-electron chi connectivity index (χ2n) is 4.80. The highest BCUT2D eigenvalue weighted by Crippen LogP contribution is 2.35. The van der Waals surface area contributed by atoms with E-state index in [1.54, 1.807) is 14.0 Å². The molecule has 0 saturated carbocycles. The molecule has 1 aromatic rings. The lowest BCUT2D eigenvalue weighted by molar-refractivity contribution is 0.101. The fourth-order valence-electron chi connectivity index (χ4n) is 2.44. The third kappa shape index (κ3) is 2.23. The van der Waals surface area contributed by atoms with Crippen molar-refractivity contribution in [1.82, 2.24) is 0 Å². The lowest BCUT2D eigenvalue weighted by Crippen LogP contribution is -2.00. The van der Waals surface area contributed by atoms with Crippen LogP contribution in [0.4, 0.5) is 0 Å². The van der Waals surface area contributed by atoms with Gasteiger partial charge in [0.25, 0.3) is 0 Å². The molecule has 0 spiro atoms. The average molecular weight is 242 g/mol. The maximum absolute atomic E-state index is 11.8. The van der Waals surface area contributed by atoms with E-state index in [9.17, 15) is 4.79 Å². The third-order valence-corrected chi connectivity index (χ3v) is 3.33. The number of benzene rings is 1. The zero-order chi connectivity index (χ0) is 13.3. The van der Waals surface area contributed by atoms with E-state index < -0.39 is 0 Å². The first kappa shape index (κ1) is 12.6. The zero-order valence-corrected chi connectivity index (χ0v) is 11.3. The van der Waals surface area contributed by atoms with Crippen molar-refractivity contribution in [2.75, 3.05) is 7.11 Å². The number of rotatable bonds is 3. The second kappa shape index (κ2) is 4.81. The highest BCUT2D eigenvalue weighted by molar-refractivity contribution is 6.00. The van der Waals surface area contributed by atoms with E-state index in [4.69, 9.17) is 4.74 Å². The van der Waals surface area contributed by atoms with Crippen molar-refractivity contribution in [3.05, 3.63) is 46.5 Å². The molecule has 18 heavy (non-hydrogen) atoms. The Hall–Kier alpha value is -1.83. The van der Waals surface area contributed by atoms with Crippen LogP contribution in [0.25, 0.3) is 5.57 Å². The van der Waals surface area contributed by atoms with Gasteiger partial charge in [0.05, 0.1) is 7.11 Å². The molecule has 2 rings (SSSR count). The van der Waals surface area contributed by atoms with Gasteiger partial charge in [-0.3, -0.25) is 4.79 Å². The van der Waals surface area contributed by atoms with Crippen molar-refractivity contribution in [3.63, 3.8) is 0 Å². The van der Waals surface area contributed by atoms with Crippen LogP contribution in [-0.2, 0) is 0 Å². The summed E-state index contributed by atoms with van der Waals surface area (Å²) in [6.07, 6.45) is 3.11. The number of carbonyl (C=O) groups excluding carboxylic acids is 1. The topological polar surface area (TPSA) is 26.3 Å². The summed E-state index contributed by atoms with van der Waals surface area (Å²) < 4.78 is 5.19. The molecule has 94 valence electrons. The average Bonchev–Trinajstić information content (AvgIpc) is 2.67. The van der Waals surface area contributed by atoms with E-state index in [0.29, 0.717) is 0 Å². The van der Waals surface area contributed by atoms with Gasteiger partial charge in [0, 0.05) is 5.56 Å². The van der Waals surface area contributed by atoms with Crippen LogP contribution >= 0.6 is 0 Å². The fraction of sp³-hybridized carbons (Fsp3) is 0.312. The highest BCUT2D eigenvalue weighted by atomic mass is 16.5. The van der Waals surface area contributed by atoms with Crippen LogP contribution in [0.2, 0.25) is 0 Å². The van der Waals surface area contributed by atoms with Gasteiger partial charge in [-0.1, -0.05) is 17.7 Å². The highest BCUT2D eigenvalue weighted by Gasteiger charge is 2.17. The van der Waals surface area contributed by atoms with Crippen molar-refractivity contribution in [2.45, 2.75) is 27.2 Å². The van der Waals surface area contributed by atoms with Gasteiger partial charge < -0.3 is 4.74 Å². The molecule has 0 aliphatic heterocycles. The molecule has 0 saturated heterocycles. The molecule has 0 bridgehead atoms. The van der Waals surface area contributed by atoms with E-state index >= 15 is 0 Å². The molecule has 0 amide bonds. The van der Waals surface area contributed by atoms with Crippen molar-refractivity contribution in [2.24, 2.45) is 0 Å². The zero-order valence-electron chi connectivity index (χ0n) is 11.3. The van der Waals surface area contributed by atoms with Gasteiger partial charge in [-0.15, -0.1) is 0 Å². The number of ether oxygens (including phenoxy) is 1. The molecule has 0 heterocycles. The molecule has 1 aromatic carbocycles. The Kier molecular flexibility index (Phi) is 3.37. The van der Waals surface area contributed by atoms with Gasteiger partial charge in [0.2, 0.25) is 0 Å². The molecular weight excluding hydrogens is 224 g/mol. The summed E-state index contributed by atoms with van der Waals surface area (Å²) in [5.41, 5.74) is 5.62. The largest absolute Gasteiger partial charge is 0.497 e. The lowest BCUT2D eigenvalue weighted by atomic mass is 9.94. The number of hydrogen-bond donors (Lipinski definition) is 0. The lowest BCUT2D eigenvalue weighted by Gasteiger charge is -2.12. The molecule has 2 nitrogen and oxygen atoms in total. The Morgan fingerprint density at radius 3 is 2.50 bits per heavy atom. The van der Waals surface area contributed by atoms with Gasteiger partial charge in [-0.25, -0.2) is 0 Å². The normalized spacial score (nSPS) is 14.8. The van der Waals surface area contributed by atoms with Crippen LogP contribution in [0.3, 0.4) is 0 Å². The van der Waals surface area contributed by atoms with Gasteiger partial charge >= 0.3 is 0 Å². The molecule has 0 radical (unpaired) electrons. The number of Topliss-reactive ketones (excluding diaryl/α,β-unsaturated/α-hetero) is 1. The Labute approximate surface area is 108 Å². The quantitative estimate of drug-likeness (QED) is 0.748. The molecule has 1 aliphatic carbocycles. The van der Waals surface area contributed by atoms with Gasteiger partial charge in [-0.2, -0.15) is 0 Å². The number of allylic oxidation sites excluding steroid dienone is 4. The van der Waals surface area contributed by atoms with E-state index in [0.717, 1.165) is 23.3 Å². The maximum atomic E-state index is 11.8. The van der Waals surface area contributed by atoms with Gasteiger partial charge in [0.15, 0.2) is 5.78 Å². The Morgan fingerprint density at radius 1 is 1.28 bits per heavy atom. The summed E-state index contributed by atoms with van der Waals surface area (Å²) in [4.78, 5) is 11.8. The first-order valence-corrected chi connectivity index (χ1v) is 6.09. The van der Waals surface area contributed by atoms with E-state index in [2.05, 4.69) is 19.9 Å². The molecular formula is C16H18O2. The van der Waals surface area contributed by atoms with E-state index in [1.165, 1.54) is 16.7 Å². The van der Waals surface area contributed by atoms with Crippen LogP contribution in [0.1, 0.15) is 43.1 Å². The van der Waals surface area contributed by atoms with E-state index in [1.807, 2.05) is 18.2 Å². The molecule has 0 fully saturated rings. The number of ketones is 1. The minimum atomic E-state index is 0.0775. The monoisotopic (exact) mass is 242 g/mol. The van der Waals surface area contributed by atoms with Gasteiger partial charge in [-0.05, 0) is 56.0 Å². The molecule has 0 N–H and O–H groups in total. The van der Waals surface area contributed by atoms with Crippen LogP contribution < -0.4 is 4.74 Å². The van der Waals surface area contributed by atoms with Crippen molar-refractivity contribution >= 4 is 11.4 Å². The Balaban J connectivity index is 2.52. The number of methoxy groups -OCH3 is 1. The fourth-order valence-corrected chi connectivity index (χ4v) is 2.44. The molecule has 2 heteroatoms. The van der Waals surface area contributed by atoms with Crippen molar-refractivity contribution < 1.29 is 9.53 Å². The molecule has 0 aromatic heterocycles. The smallest absolute Gasteiger partial charge is 0.160 e. The summed E-state index contributed by atoms with van der Waals surface area (Å²) >= 11 is 0. The summed E-state index contributed by atoms with van der Waals surface area (Å²) in [6, 6.07) is 5.72. The third-order valence-electron chi connectivity index (χ3n) is 3.33. The van der Waals surface area contributed by atoms with Crippen LogP contribution in [0.15, 0.2) is 35.4 Å². The molecule has 0 unspecified atom stereocenters. The van der Waals surface area contributed by atoms with Crippen LogP contribution in [0, 0.1) is 0 Å². The minimum Gasteiger partial charge on any atom is -0.497 e. The van der Waals surface area contributed by atoms with Gasteiger partial charge in [0.1, 0.15) is 5.75 Å². The minimum absolute atomic E-state index is 0.0775. The maximum Gasteiger partial charge on any atom is 0.160 e. The summed E-state index contributed by atoms with van der Waals surface area (Å²) in [6.45, 7) is 5.82. The number of hydrogen-bond acceptors (Lipinski definition) is 2. The summed E-state index contributed by atoms with van der Waals surface area (Å²) in [5, 5.41) is 0. The standard InChI is InChI=1S/C16H18O2/c1-10-7-11(2)15(8-10)14-6-5-13(18-4)9-16(14)12(3)17/h5-7,9H,8H2,1-4H3. The van der Waals surface area contributed by atoms with Crippen molar-refractivity contribution in [1.29, 1.82) is 0 Å². The molecule has 0 atom stereocenters. The Morgan fingerprint density at radius 2 is 2.00 bits per heavy atom. The van der Waals surface area contributed by atoms with Crippen LogP contribution in [-0.4, -0.2) is 12.9 Å². The first-order chi connectivity index (χ1) is 8.52. The summed E-state index contributed by atoms with van der Waals surface area (Å²) in [5.74, 6) is 0.804. The van der Waals surface area contributed by atoms with E-state index in [-0.39, 0.29) is 5.78 Å². The first-order valence-electron chi connectivity index (χ1n) is 6.09. The van der Waals surface area contributed by atoms with Crippen molar-refractivity contribution in [3.8, 4) is 5.75 Å². The SMILES string of the molecule is COc1ccc(C2=C(C)C=C(C)C2)c(C(C)=O)c1. The summed E-state index contributed by atoms with van der Waals surface area (Å²) in [7, 11) is 1.62. The predicted octanol–water partition coefficient (Wildman–Crippen LogP) is 4.02. The number of carbonyl (C=O) groups is 1. The molecule has 1 aliphatic rings. The van der Waals surface area contributed by atoms with Crippen LogP contribution in [0.5, 0.6) is 5.75 Å². The predicted molar refractivity (Wildman–Crippen MR) is 74.0 cm³/mol. The second-order valence-corrected chi connectivity index (χ2v) is 4.80.